The monoisotopic (exact) mass is 367 g/mol. The first-order chi connectivity index (χ1) is 12.6. The molecule has 8 N–H and O–H groups in total. The van der Waals surface area contributed by atoms with E-state index in [-0.39, 0.29) is 17.6 Å². The maximum Gasteiger partial charge on any atom is 0.330 e. The molecular weight excluding hydrogens is 342 g/mol. The number of nitrogen functional groups attached to an aromatic ring is 2. The summed E-state index contributed by atoms with van der Waals surface area (Å²) in [6.07, 6.45) is 0. The summed E-state index contributed by atoms with van der Waals surface area (Å²) < 4.78 is 0. The number of nitrogens with one attached hydrogen (secondary N) is 3. The van der Waals surface area contributed by atoms with Crippen molar-refractivity contribution in [2.24, 2.45) is 11.5 Å². The van der Waals surface area contributed by atoms with Crippen molar-refractivity contribution < 1.29 is 9.90 Å². The van der Waals surface area contributed by atoms with Crippen LogP contribution >= 0.6 is 0 Å². The Kier molecular flexibility index (Phi) is 5.85. The molecule has 142 valence electrons. The van der Waals surface area contributed by atoms with E-state index in [1.54, 1.807) is 30.3 Å². The van der Waals surface area contributed by atoms with E-state index in [4.69, 9.17) is 22.3 Å². The minimum atomic E-state index is -1.01. The van der Waals surface area contributed by atoms with Crippen LogP contribution in [0.15, 0.2) is 36.4 Å². The number of aliphatic carboxylic acids is 1. The number of hydrogen-bond acceptors (Lipinski definition) is 4. The van der Waals surface area contributed by atoms with Gasteiger partial charge in [-0.2, -0.15) is 0 Å². The van der Waals surface area contributed by atoms with Gasteiger partial charge in [0.05, 0.1) is 0 Å². The molecule has 2 aromatic carbocycles. The van der Waals surface area contributed by atoms with Gasteiger partial charge in [0.25, 0.3) is 0 Å². The molecule has 0 spiro atoms. The van der Waals surface area contributed by atoms with Crippen molar-refractivity contribution in [3.8, 4) is 0 Å². The van der Waals surface area contributed by atoms with Gasteiger partial charge in [0, 0.05) is 16.8 Å². The van der Waals surface area contributed by atoms with Crippen molar-refractivity contribution in [1.82, 2.24) is 0 Å². The Hall–Kier alpha value is -3.35. The Labute approximate surface area is 158 Å². The van der Waals surface area contributed by atoms with Gasteiger partial charge in [-0.3, -0.25) is 10.8 Å². The molecule has 1 atom stereocenters. The zero-order chi connectivity index (χ0) is 20.3. The van der Waals surface area contributed by atoms with Gasteiger partial charge >= 0.3 is 5.97 Å². The molecule has 7 nitrogen and oxygen atoms in total. The minimum absolute atomic E-state index is 0.0343. The number of amidine groups is 2. The van der Waals surface area contributed by atoms with E-state index in [9.17, 15) is 9.90 Å². The topological polar surface area (TPSA) is 149 Å². The van der Waals surface area contributed by atoms with E-state index in [1.165, 1.54) is 0 Å². The molecule has 0 aliphatic carbocycles. The zero-order valence-corrected chi connectivity index (χ0v) is 15.6. The van der Waals surface area contributed by atoms with Gasteiger partial charge in [-0.1, -0.05) is 19.9 Å². The molecule has 0 aliphatic rings. The van der Waals surface area contributed by atoms with Gasteiger partial charge in [0.1, 0.15) is 11.7 Å². The van der Waals surface area contributed by atoms with Gasteiger partial charge < -0.3 is 21.9 Å². The van der Waals surface area contributed by atoms with E-state index < -0.39 is 12.0 Å². The number of carboxylic acids is 1. The number of carboxylic acid groups (broad SMARTS) is 1. The van der Waals surface area contributed by atoms with Crippen LogP contribution in [-0.4, -0.2) is 22.7 Å². The van der Waals surface area contributed by atoms with Crippen molar-refractivity contribution in [3.63, 3.8) is 0 Å². The lowest BCUT2D eigenvalue weighted by molar-refractivity contribution is -0.138. The molecule has 1 unspecified atom stereocenters. The van der Waals surface area contributed by atoms with Gasteiger partial charge in [-0.15, -0.1) is 0 Å². The highest BCUT2D eigenvalue weighted by Gasteiger charge is 2.24. The third-order valence-corrected chi connectivity index (χ3v) is 4.42. The molecular formula is C20H25N5O2. The molecule has 0 saturated carbocycles. The molecule has 0 radical (unpaired) electrons. The molecule has 0 heterocycles. The van der Waals surface area contributed by atoms with Crippen molar-refractivity contribution >= 4 is 23.3 Å². The number of rotatable bonds is 7. The number of anilines is 1. The summed E-state index contributed by atoms with van der Waals surface area (Å²) in [5.41, 5.74) is 15.1. The van der Waals surface area contributed by atoms with Crippen molar-refractivity contribution in [1.29, 1.82) is 10.8 Å². The van der Waals surface area contributed by atoms with Crippen LogP contribution in [0.3, 0.4) is 0 Å². The van der Waals surface area contributed by atoms with Crippen LogP contribution in [0, 0.1) is 17.7 Å². The average Bonchev–Trinajstić information content (AvgIpc) is 2.59. The lowest BCUT2D eigenvalue weighted by atomic mass is 9.89. The van der Waals surface area contributed by atoms with Crippen LogP contribution in [0.1, 0.15) is 53.6 Å². The second kappa shape index (κ2) is 7.90. The first-order valence-electron chi connectivity index (χ1n) is 8.54. The minimum Gasteiger partial charge on any atom is -0.479 e. The summed E-state index contributed by atoms with van der Waals surface area (Å²) >= 11 is 0. The molecule has 0 bridgehead atoms. The molecule has 0 amide bonds. The van der Waals surface area contributed by atoms with Crippen LogP contribution in [-0.2, 0) is 4.79 Å². The average molecular weight is 367 g/mol. The molecule has 7 heteroatoms. The first kappa shape index (κ1) is 20.0. The van der Waals surface area contributed by atoms with Crippen LogP contribution in [0.2, 0.25) is 0 Å². The van der Waals surface area contributed by atoms with Gasteiger partial charge in [0.2, 0.25) is 0 Å². The van der Waals surface area contributed by atoms with E-state index in [0.717, 1.165) is 11.1 Å². The Morgan fingerprint density at radius 1 is 1.04 bits per heavy atom. The summed E-state index contributed by atoms with van der Waals surface area (Å²) in [6, 6.07) is 9.32. The van der Waals surface area contributed by atoms with Crippen molar-refractivity contribution in [2.45, 2.75) is 32.7 Å². The highest BCUT2D eigenvalue weighted by Crippen LogP contribution is 2.29. The third-order valence-electron chi connectivity index (χ3n) is 4.42. The molecule has 0 fully saturated rings. The molecule has 0 aliphatic heterocycles. The second-order valence-corrected chi connectivity index (χ2v) is 6.77. The van der Waals surface area contributed by atoms with Gasteiger partial charge in [0.15, 0.2) is 6.04 Å². The summed E-state index contributed by atoms with van der Waals surface area (Å²) in [6.45, 7) is 5.76. The lowest BCUT2D eigenvalue weighted by Crippen LogP contribution is -2.23. The van der Waals surface area contributed by atoms with E-state index in [0.29, 0.717) is 22.4 Å². The largest absolute Gasteiger partial charge is 0.479 e. The third kappa shape index (κ3) is 4.44. The highest BCUT2D eigenvalue weighted by molar-refractivity contribution is 5.97. The van der Waals surface area contributed by atoms with Crippen molar-refractivity contribution in [2.75, 3.05) is 5.32 Å². The molecule has 0 saturated heterocycles. The number of hydrogen-bond donors (Lipinski definition) is 6. The van der Waals surface area contributed by atoms with Crippen molar-refractivity contribution in [3.05, 3.63) is 64.2 Å². The van der Waals surface area contributed by atoms with E-state index >= 15 is 0 Å². The quantitative estimate of drug-likeness (QED) is 0.329. The molecule has 2 aromatic rings. The maximum absolute atomic E-state index is 11.9. The Bertz CT molecular complexity index is 888. The molecule has 27 heavy (non-hydrogen) atoms. The SMILES string of the molecule is Cc1cc(C(=N)N)c(C(C)C)cc1C(Nc1ccc(C(=N)N)cc1)C(=O)O. The summed E-state index contributed by atoms with van der Waals surface area (Å²) in [5.74, 6) is -1.01. The lowest BCUT2D eigenvalue weighted by Gasteiger charge is -2.22. The Morgan fingerprint density at radius 3 is 2.07 bits per heavy atom. The van der Waals surface area contributed by atoms with Gasteiger partial charge in [-0.05, 0) is 59.9 Å². The number of nitrogens with two attached hydrogens (primary N) is 2. The fraction of sp³-hybridized carbons (Fsp3) is 0.250. The summed E-state index contributed by atoms with van der Waals surface area (Å²) in [4.78, 5) is 11.9. The fourth-order valence-electron chi connectivity index (χ4n) is 2.95. The van der Waals surface area contributed by atoms with Gasteiger partial charge in [-0.25, -0.2) is 4.79 Å². The Morgan fingerprint density at radius 2 is 1.63 bits per heavy atom. The first-order valence-corrected chi connectivity index (χ1v) is 8.54. The predicted octanol–water partition coefficient (Wildman–Crippen LogP) is 2.92. The Balaban J connectivity index is 2.47. The fourth-order valence-corrected chi connectivity index (χ4v) is 2.95. The second-order valence-electron chi connectivity index (χ2n) is 6.77. The standard InChI is InChI=1S/C20H25N5O2/c1-10(2)14-9-15(11(3)8-16(14)19(23)24)17(20(26)27)25-13-6-4-12(5-7-13)18(21)22/h4-10,17,25H,1-3H3,(H3,21,22)(H3,23,24)(H,26,27). The molecule has 0 aromatic heterocycles. The normalized spacial score (nSPS) is 11.9. The van der Waals surface area contributed by atoms with E-state index in [2.05, 4.69) is 5.32 Å². The number of aryl methyl sites for hydroxylation is 1. The van der Waals surface area contributed by atoms with Crippen LogP contribution in [0.4, 0.5) is 5.69 Å². The van der Waals surface area contributed by atoms with Crippen LogP contribution < -0.4 is 16.8 Å². The summed E-state index contributed by atoms with van der Waals surface area (Å²) in [5, 5.41) is 28.0. The predicted molar refractivity (Wildman–Crippen MR) is 108 cm³/mol. The number of carbonyl (C=O) groups is 1. The molecule has 2 rings (SSSR count). The van der Waals surface area contributed by atoms with Crippen LogP contribution in [0.25, 0.3) is 0 Å². The number of benzene rings is 2. The maximum atomic E-state index is 11.9. The highest BCUT2D eigenvalue weighted by atomic mass is 16.4. The van der Waals surface area contributed by atoms with E-state index in [1.807, 2.05) is 26.8 Å². The van der Waals surface area contributed by atoms with Crippen LogP contribution in [0.5, 0.6) is 0 Å². The smallest absolute Gasteiger partial charge is 0.330 e. The zero-order valence-electron chi connectivity index (χ0n) is 15.6. The summed E-state index contributed by atoms with van der Waals surface area (Å²) in [7, 11) is 0.